The Morgan fingerprint density at radius 1 is 0.968 bits per heavy atom. The molecule has 0 amide bonds. The second kappa shape index (κ2) is 9.04. The molecule has 1 N–H and O–H groups in total. The van der Waals surface area contributed by atoms with Gasteiger partial charge in [0, 0.05) is 29.4 Å². The minimum atomic E-state index is -3.48. The van der Waals surface area contributed by atoms with Crippen LogP contribution in [0.4, 0.5) is 0 Å². The smallest absolute Gasteiger partial charge is 0.239 e. The predicted octanol–water partition coefficient (Wildman–Crippen LogP) is 4.50. The Morgan fingerprint density at radius 2 is 1.65 bits per heavy atom. The summed E-state index contributed by atoms with van der Waals surface area (Å²) in [5, 5.41) is 0.245. The van der Waals surface area contributed by atoms with E-state index in [-0.39, 0.29) is 34.2 Å². The summed E-state index contributed by atoms with van der Waals surface area (Å²) < 4.78 is 39.6. The molecule has 1 aromatic heterocycles. The molecule has 3 rings (SSSR count). The van der Waals surface area contributed by atoms with Gasteiger partial charge in [0.15, 0.2) is 23.3 Å². The van der Waals surface area contributed by atoms with E-state index in [2.05, 4.69) is 0 Å². The first-order chi connectivity index (χ1) is 14.7. The fourth-order valence-electron chi connectivity index (χ4n) is 2.92. The van der Waals surface area contributed by atoms with Gasteiger partial charge in [0.1, 0.15) is 28.2 Å². The molecule has 0 radical (unpaired) electrons. The molecule has 0 spiro atoms. The molecule has 0 fully saturated rings. The van der Waals surface area contributed by atoms with E-state index in [9.17, 15) is 14.3 Å². The van der Waals surface area contributed by atoms with E-state index in [1.165, 1.54) is 39.5 Å². The fourth-order valence-corrected chi connectivity index (χ4v) is 3.55. The molecule has 1 unspecified atom stereocenters. The first-order valence-electron chi connectivity index (χ1n) is 9.52. The van der Waals surface area contributed by atoms with Crippen LogP contribution in [0.2, 0.25) is 0 Å². The lowest BCUT2D eigenvalue weighted by Gasteiger charge is -2.17. The van der Waals surface area contributed by atoms with Crippen molar-refractivity contribution in [2.24, 2.45) is 0 Å². The lowest BCUT2D eigenvalue weighted by atomic mass is 10.1. The number of hydrogen-bond acceptors (Lipinski definition) is 7. The van der Waals surface area contributed by atoms with Crippen LogP contribution in [0, 0.1) is 0 Å². The minimum absolute atomic E-state index is 0.226. The molecule has 3 aromatic rings. The van der Waals surface area contributed by atoms with Crippen molar-refractivity contribution < 1.29 is 32.8 Å². The predicted molar refractivity (Wildman–Crippen MR) is 118 cm³/mol. The molecule has 0 aliphatic carbocycles. The summed E-state index contributed by atoms with van der Waals surface area (Å²) in [6, 6.07) is 9.52. The highest BCUT2D eigenvalue weighted by atomic mass is 31.2. The lowest BCUT2D eigenvalue weighted by Crippen LogP contribution is -2.08. The highest BCUT2D eigenvalue weighted by Gasteiger charge is 2.24. The van der Waals surface area contributed by atoms with Gasteiger partial charge in [-0.25, -0.2) is 0 Å². The summed E-state index contributed by atoms with van der Waals surface area (Å²) in [6.45, 7) is 3.30. The maximum atomic E-state index is 12.8. The van der Waals surface area contributed by atoms with Crippen molar-refractivity contribution in [3.8, 4) is 34.3 Å². The second-order valence-corrected chi connectivity index (χ2v) is 9.97. The van der Waals surface area contributed by atoms with Crippen LogP contribution >= 0.6 is 7.37 Å². The van der Waals surface area contributed by atoms with E-state index in [0.717, 1.165) is 0 Å². The van der Waals surface area contributed by atoms with Crippen molar-refractivity contribution in [2.75, 3.05) is 27.7 Å². The third-order valence-corrected chi connectivity index (χ3v) is 6.99. The van der Waals surface area contributed by atoms with Crippen LogP contribution in [0.25, 0.3) is 22.3 Å². The Bertz CT molecular complexity index is 1200. The van der Waals surface area contributed by atoms with Gasteiger partial charge in [0.25, 0.3) is 0 Å². The van der Waals surface area contributed by atoms with Gasteiger partial charge in [-0.15, -0.1) is 0 Å². The number of rotatable bonds is 8. The number of hydrogen-bond donors (Lipinski definition) is 1. The monoisotopic (exact) mass is 448 g/mol. The molecule has 8 nitrogen and oxygen atoms in total. The standard InChI is InChI=1S/C22H25O8P/c1-13(2)31(24,25)12-29-15-9-20(28-5)22-16(23)11-18(30-21(22)10-15)14-6-7-17(26-3)19(8-14)27-4/h6-11,13H,12H2,1-5H3,(H,24,25). The molecule has 31 heavy (non-hydrogen) atoms. The number of methoxy groups -OCH3 is 3. The summed E-state index contributed by atoms with van der Waals surface area (Å²) in [4.78, 5) is 22.9. The van der Waals surface area contributed by atoms with E-state index in [1.54, 1.807) is 32.0 Å². The molecule has 0 saturated carbocycles. The van der Waals surface area contributed by atoms with Gasteiger partial charge < -0.3 is 28.3 Å². The average Bonchev–Trinajstić information content (AvgIpc) is 2.76. The third-order valence-electron chi connectivity index (χ3n) is 4.88. The summed E-state index contributed by atoms with van der Waals surface area (Å²) in [5.41, 5.74) is 0.0967. The summed E-state index contributed by atoms with van der Waals surface area (Å²) in [5.74, 6) is 1.85. The molecule has 1 atom stereocenters. The van der Waals surface area contributed by atoms with Gasteiger partial charge in [0.2, 0.25) is 7.37 Å². The van der Waals surface area contributed by atoms with Gasteiger partial charge >= 0.3 is 0 Å². The Morgan fingerprint density at radius 3 is 2.26 bits per heavy atom. The molecular weight excluding hydrogens is 423 g/mol. The molecule has 9 heteroatoms. The van der Waals surface area contributed by atoms with Crippen molar-refractivity contribution >= 4 is 18.3 Å². The van der Waals surface area contributed by atoms with Crippen LogP contribution in [-0.4, -0.2) is 38.2 Å². The van der Waals surface area contributed by atoms with Crippen LogP contribution in [0.3, 0.4) is 0 Å². The Labute approximate surface area is 179 Å². The van der Waals surface area contributed by atoms with Crippen LogP contribution in [0.15, 0.2) is 45.6 Å². The molecule has 0 bridgehead atoms. The van der Waals surface area contributed by atoms with Crippen LogP contribution < -0.4 is 24.4 Å². The van der Waals surface area contributed by atoms with E-state index in [0.29, 0.717) is 22.8 Å². The van der Waals surface area contributed by atoms with Crippen molar-refractivity contribution in [3.63, 3.8) is 0 Å². The van der Waals surface area contributed by atoms with Crippen LogP contribution in [0.1, 0.15) is 13.8 Å². The van der Waals surface area contributed by atoms with Crippen LogP contribution in [-0.2, 0) is 4.57 Å². The van der Waals surface area contributed by atoms with Crippen molar-refractivity contribution in [3.05, 3.63) is 46.6 Å². The average molecular weight is 448 g/mol. The zero-order valence-electron chi connectivity index (χ0n) is 18.0. The molecule has 0 aliphatic heterocycles. The number of ether oxygens (including phenoxy) is 4. The first-order valence-corrected chi connectivity index (χ1v) is 11.4. The topological polar surface area (TPSA) is 104 Å². The quantitative estimate of drug-likeness (QED) is 0.502. The molecule has 0 saturated heterocycles. The fraction of sp³-hybridized carbons (Fsp3) is 0.318. The van der Waals surface area contributed by atoms with Crippen molar-refractivity contribution in [2.45, 2.75) is 19.5 Å². The highest BCUT2D eigenvalue weighted by molar-refractivity contribution is 7.58. The first kappa shape index (κ1) is 22.7. The van der Waals surface area contributed by atoms with Gasteiger partial charge in [-0.05, 0) is 18.2 Å². The number of benzene rings is 2. The maximum absolute atomic E-state index is 12.8. The van der Waals surface area contributed by atoms with Gasteiger partial charge in [-0.3, -0.25) is 9.36 Å². The molecule has 1 heterocycles. The highest BCUT2D eigenvalue weighted by Crippen LogP contribution is 2.46. The SMILES string of the molecule is COc1ccc(-c2cc(=O)c3c(OC)cc(OCP(=O)(O)C(C)C)cc3o2)cc1OC. The largest absolute Gasteiger partial charge is 0.496 e. The Kier molecular flexibility index (Phi) is 6.62. The van der Waals surface area contributed by atoms with E-state index in [4.69, 9.17) is 23.4 Å². The molecular formula is C22H25O8P. The zero-order chi connectivity index (χ0) is 22.8. The van der Waals surface area contributed by atoms with Gasteiger partial charge in [0.05, 0.1) is 21.3 Å². The summed E-state index contributed by atoms with van der Waals surface area (Å²) in [7, 11) is 0.994. The zero-order valence-corrected chi connectivity index (χ0v) is 18.9. The Hall–Kier alpha value is -2.96. The molecule has 2 aromatic carbocycles. The Balaban J connectivity index is 2.09. The normalized spacial score (nSPS) is 13.1. The maximum Gasteiger partial charge on any atom is 0.239 e. The molecule has 166 valence electrons. The van der Waals surface area contributed by atoms with E-state index >= 15 is 0 Å². The third kappa shape index (κ3) is 4.70. The van der Waals surface area contributed by atoms with Gasteiger partial charge in [-0.1, -0.05) is 13.8 Å². The van der Waals surface area contributed by atoms with Crippen molar-refractivity contribution in [1.29, 1.82) is 0 Å². The summed E-state index contributed by atoms with van der Waals surface area (Å²) in [6.07, 6.45) is -0.362. The molecule has 0 aliphatic rings. The van der Waals surface area contributed by atoms with E-state index in [1.807, 2.05) is 0 Å². The minimum Gasteiger partial charge on any atom is -0.496 e. The summed E-state index contributed by atoms with van der Waals surface area (Å²) >= 11 is 0. The number of fused-ring (bicyclic) bond motifs is 1. The second-order valence-electron chi connectivity index (χ2n) is 7.17. The van der Waals surface area contributed by atoms with Gasteiger partial charge in [-0.2, -0.15) is 0 Å². The van der Waals surface area contributed by atoms with Crippen molar-refractivity contribution in [1.82, 2.24) is 0 Å². The lowest BCUT2D eigenvalue weighted by molar-refractivity contribution is 0.343. The van der Waals surface area contributed by atoms with E-state index < -0.39 is 13.0 Å². The van der Waals surface area contributed by atoms with Crippen LogP contribution in [0.5, 0.6) is 23.0 Å².